The molecule has 0 heterocycles. The Labute approximate surface area is 115 Å². The highest BCUT2D eigenvalue weighted by molar-refractivity contribution is 7.89. The van der Waals surface area contributed by atoms with Crippen LogP contribution >= 0.6 is 0 Å². The van der Waals surface area contributed by atoms with Gasteiger partial charge in [-0.3, -0.25) is 0 Å². The summed E-state index contributed by atoms with van der Waals surface area (Å²) < 4.78 is 32.0. The molecule has 0 saturated heterocycles. The van der Waals surface area contributed by atoms with Crippen LogP contribution in [-0.2, 0) is 10.0 Å². The first kappa shape index (κ1) is 15.9. The second-order valence-corrected chi connectivity index (χ2v) is 6.14. The van der Waals surface area contributed by atoms with Gasteiger partial charge in [-0.25, -0.2) is 13.1 Å². The zero-order valence-corrected chi connectivity index (χ0v) is 12.5. The molecule has 0 fully saturated rings. The minimum absolute atomic E-state index is 0.182. The predicted octanol–water partition coefficient (Wildman–Crippen LogP) is 1.36. The Kier molecular flexibility index (Phi) is 6.27. The summed E-state index contributed by atoms with van der Waals surface area (Å²) in [5, 5.41) is 3.21. The maximum atomic E-state index is 12.0. The molecule has 0 bridgehead atoms. The summed E-state index contributed by atoms with van der Waals surface area (Å²) in [6.07, 6.45) is 0. The zero-order chi connectivity index (χ0) is 14.3. The van der Waals surface area contributed by atoms with Crippen LogP contribution in [0.1, 0.15) is 20.8 Å². The highest BCUT2D eigenvalue weighted by Crippen LogP contribution is 2.22. The molecule has 0 radical (unpaired) electrons. The molecule has 0 aliphatic carbocycles. The second-order valence-electron chi connectivity index (χ2n) is 4.41. The molecule has 0 aliphatic rings. The summed E-state index contributed by atoms with van der Waals surface area (Å²) in [4.78, 5) is 0.182. The molecule has 0 aliphatic heterocycles. The van der Waals surface area contributed by atoms with E-state index in [9.17, 15) is 8.42 Å². The molecular weight excluding hydrogens is 264 g/mol. The predicted molar refractivity (Wildman–Crippen MR) is 75.9 cm³/mol. The molecule has 1 aromatic rings. The Morgan fingerprint density at radius 2 is 1.95 bits per heavy atom. The third-order valence-electron chi connectivity index (χ3n) is 2.39. The number of rotatable bonds is 8. The molecule has 0 unspecified atom stereocenters. The summed E-state index contributed by atoms with van der Waals surface area (Å²) in [7, 11) is -3.49. The zero-order valence-electron chi connectivity index (χ0n) is 11.6. The Hall–Kier alpha value is -1.11. The van der Waals surface area contributed by atoms with Gasteiger partial charge in [0.25, 0.3) is 0 Å². The van der Waals surface area contributed by atoms with E-state index in [0.717, 1.165) is 0 Å². The van der Waals surface area contributed by atoms with Crippen molar-refractivity contribution in [2.24, 2.45) is 0 Å². The summed E-state index contributed by atoms with van der Waals surface area (Å²) in [5.41, 5.74) is 0. The molecule has 2 N–H and O–H groups in total. The minimum Gasteiger partial charge on any atom is -0.491 e. The van der Waals surface area contributed by atoms with Crippen LogP contribution in [-0.4, -0.2) is 34.2 Å². The SMILES string of the molecule is CCNS(=O)(=O)c1ccccc1OCCNC(C)C. The van der Waals surface area contributed by atoms with E-state index >= 15 is 0 Å². The summed E-state index contributed by atoms with van der Waals surface area (Å²) >= 11 is 0. The highest BCUT2D eigenvalue weighted by Gasteiger charge is 2.17. The van der Waals surface area contributed by atoms with Gasteiger partial charge in [-0.1, -0.05) is 32.9 Å². The molecule has 0 atom stereocenters. The molecule has 5 nitrogen and oxygen atoms in total. The lowest BCUT2D eigenvalue weighted by atomic mass is 10.3. The van der Waals surface area contributed by atoms with E-state index in [1.807, 2.05) is 13.8 Å². The van der Waals surface area contributed by atoms with E-state index in [1.165, 1.54) is 0 Å². The van der Waals surface area contributed by atoms with Crippen LogP contribution in [0, 0.1) is 0 Å². The van der Waals surface area contributed by atoms with Crippen molar-refractivity contribution in [3.8, 4) is 5.75 Å². The average Bonchev–Trinajstić information content (AvgIpc) is 2.35. The number of para-hydroxylation sites is 1. The summed E-state index contributed by atoms with van der Waals surface area (Å²) in [6, 6.07) is 7.03. The maximum absolute atomic E-state index is 12.0. The molecular formula is C13H22N2O3S. The number of nitrogens with one attached hydrogen (secondary N) is 2. The number of sulfonamides is 1. The van der Waals surface area contributed by atoms with Crippen LogP contribution in [0.3, 0.4) is 0 Å². The van der Waals surface area contributed by atoms with Gasteiger partial charge in [0.15, 0.2) is 0 Å². The smallest absolute Gasteiger partial charge is 0.244 e. The van der Waals surface area contributed by atoms with Gasteiger partial charge < -0.3 is 10.1 Å². The minimum atomic E-state index is -3.49. The fourth-order valence-corrected chi connectivity index (χ4v) is 2.75. The van der Waals surface area contributed by atoms with Crippen molar-refractivity contribution in [2.45, 2.75) is 31.7 Å². The number of ether oxygens (including phenoxy) is 1. The molecule has 6 heteroatoms. The van der Waals surface area contributed by atoms with E-state index in [4.69, 9.17) is 4.74 Å². The molecule has 19 heavy (non-hydrogen) atoms. The van der Waals surface area contributed by atoms with Gasteiger partial charge in [0.2, 0.25) is 10.0 Å². The highest BCUT2D eigenvalue weighted by atomic mass is 32.2. The van der Waals surface area contributed by atoms with Crippen LogP contribution in [0.15, 0.2) is 29.2 Å². The van der Waals surface area contributed by atoms with Gasteiger partial charge in [-0.15, -0.1) is 0 Å². The molecule has 108 valence electrons. The Morgan fingerprint density at radius 1 is 1.26 bits per heavy atom. The fraction of sp³-hybridized carbons (Fsp3) is 0.538. The summed E-state index contributed by atoms with van der Waals surface area (Å²) in [6.45, 7) is 7.29. The standard InChI is InChI=1S/C13H22N2O3S/c1-4-15-19(16,17)13-8-6-5-7-12(13)18-10-9-14-11(2)3/h5-8,11,14-15H,4,9-10H2,1-3H3. The lowest BCUT2D eigenvalue weighted by Gasteiger charge is -2.13. The molecule has 1 aromatic carbocycles. The normalized spacial score (nSPS) is 11.8. The van der Waals surface area contributed by atoms with E-state index in [0.29, 0.717) is 31.5 Å². The van der Waals surface area contributed by atoms with Crippen molar-refractivity contribution >= 4 is 10.0 Å². The van der Waals surface area contributed by atoms with Crippen LogP contribution in [0.5, 0.6) is 5.75 Å². The van der Waals surface area contributed by atoms with Crippen molar-refractivity contribution in [3.63, 3.8) is 0 Å². The lowest BCUT2D eigenvalue weighted by Crippen LogP contribution is -2.28. The molecule has 0 amide bonds. The van der Waals surface area contributed by atoms with Crippen LogP contribution < -0.4 is 14.8 Å². The van der Waals surface area contributed by atoms with Gasteiger partial charge in [-0.05, 0) is 12.1 Å². The first-order valence-corrected chi connectivity index (χ1v) is 7.90. The average molecular weight is 286 g/mol. The van der Waals surface area contributed by atoms with Crippen LogP contribution in [0.4, 0.5) is 0 Å². The Bertz CT molecular complexity index is 486. The Balaban J connectivity index is 2.74. The van der Waals surface area contributed by atoms with E-state index < -0.39 is 10.0 Å². The number of hydrogen-bond donors (Lipinski definition) is 2. The number of benzene rings is 1. The third-order valence-corrected chi connectivity index (χ3v) is 3.97. The second kappa shape index (κ2) is 7.47. The monoisotopic (exact) mass is 286 g/mol. The third kappa shape index (κ3) is 5.18. The molecule has 0 aromatic heterocycles. The van der Waals surface area contributed by atoms with E-state index in [1.54, 1.807) is 31.2 Å². The first-order valence-electron chi connectivity index (χ1n) is 6.42. The van der Waals surface area contributed by atoms with Crippen molar-refractivity contribution in [3.05, 3.63) is 24.3 Å². The quantitative estimate of drug-likeness (QED) is 0.708. The fourth-order valence-electron chi connectivity index (χ4n) is 1.57. The van der Waals surface area contributed by atoms with Crippen LogP contribution in [0.2, 0.25) is 0 Å². The van der Waals surface area contributed by atoms with Crippen molar-refractivity contribution in [1.82, 2.24) is 10.0 Å². The molecule has 0 spiro atoms. The van der Waals surface area contributed by atoms with Crippen molar-refractivity contribution in [1.29, 1.82) is 0 Å². The topological polar surface area (TPSA) is 67.4 Å². The first-order chi connectivity index (χ1) is 8.97. The lowest BCUT2D eigenvalue weighted by molar-refractivity contribution is 0.301. The van der Waals surface area contributed by atoms with Crippen molar-refractivity contribution in [2.75, 3.05) is 19.7 Å². The van der Waals surface area contributed by atoms with Gasteiger partial charge in [0.1, 0.15) is 17.3 Å². The largest absolute Gasteiger partial charge is 0.491 e. The van der Waals surface area contributed by atoms with E-state index in [-0.39, 0.29) is 4.90 Å². The van der Waals surface area contributed by atoms with Gasteiger partial charge >= 0.3 is 0 Å². The molecule has 0 saturated carbocycles. The van der Waals surface area contributed by atoms with Crippen LogP contribution in [0.25, 0.3) is 0 Å². The van der Waals surface area contributed by atoms with Gasteiger partial charge in [0, 0.05) is 19.1 Å². The van der Waals surface area contributed by atoms with Gasteiger partial charge in [-0.2, -0.15) is 0 Å². The van der Waals surface area contributed by atoms with E-state index in [2.05, 4.69) is 10.0 Å². The number of hydrogen-bond acceptors (Lipinski definition) is 4. The molecule has 1 rings (SSSR count). The summed E-state index contributed by atoms with van der Waals surface area (Å²) in [5.74, 6) is 0.383. The van der Waals surface area contributed by atoms with Gasteiger partial charge in [0.05, 0.1) is 0 Å². The Morgan fingerprint density at radius 3 is 2.58 bits per heavy atom. The van der Waals surface area contributed by atoms with Crippen molar-refractivity contribution < 1.29 is 13.2 Å². The maximum Gasteiger partial charge on any atom is 0.244 e.